The van der Waals surface area contributed by atoms with Gasteiger partial charge in [0, 0.05) is 37.4 Å². The number of para-hydroxylation sites is 1. The highest BCUT2D eigenvalue weighted by Gasteiger charge is 2.22. The molecule has 3 heterocycles. The first kappa shape index (κ1) is 28.3. The number of aryl methyl sites for hydroxylation is 2. The lowest BCUT2D eigenvalue weighted by atomic mass is 10.0. The molecule has 1 aliphatic heterocycles. The number of nitrogens with two attached hydrogens (primary N) is 1. The Morgan fingerprint density at radius 3 is 2.45 bits per heavy atom. The van der Waals surface area contributed by atoms with Gasteiger partial charge in [0.2, 0.25) is 5.95 Å². The Bertz CT molecular complexity index is 1030. The molecule has 184 valence electrons. The second-order valence-electron chi connectivity index (χ2n) is 8.58. The summed E-state index contributed by atoms with van der Waals surface area (Å²) in [6.07, 6.45) is 2.12. The summed E-state index contributed by atoms with van der Waals surface area (Å²) in [5, 5.41) is 14.0. The van der Waals surface area contributed by atoms with E-state index >= 15 is 0 Å². The minimum absolute atomic E-state index is 0. The van der Waals surface area contributed by atoms with Crippen LogP contribution >= 0.6 is 0 Å². The van der Waals surface area contributed by atoms with Gasteiger partial charge in [-0.3, -0.25) is 4.98 Å². The van der Waals surface area contributed by atoms with Crippen molar-refractivity contribution >= 4 is 17.0 Å². The molecule has 0 bridgehead atoms. The Kier molecular flexibility index (Phi) is 10.2. The average molecular weight is 463 g/mol. The summed E-state index contributed by atoms with van der Waals surface area (Å²) in [6.45, 7) is 9.58. The maximum Gasteiger partial charge on any atom is 0.204 e. The van der Waals surface area contributed by atoms with E-state index in [2.05, 4.69) is 51.8 Å². The lowest BCUT2D eigenvalue weighted by molar-refractivity contribution is 0.210. The molecule has 10 nitrogen and oxygen atoms in total. The monoisotopic (exact) mass is 462 g/mol. The van der Waals surface area contributed by atoms with Gasteiger partial charge in [-0.15, -0.1) is 0 Å². The summed E-state index contributed by atoms with van der Waals surface area (Å²) in [7, 11) is 0. The van der Waals surface area contributed by atoms with Crippen LogP contribution in [-0.4, -0.2) is 72.7 Å². The Morgan fingerprint density at radius 2 is 1.79 bits per heavy atom. The van der Waals surface area contributed by atoms with E-state index in [1.165, 1.54) is 0 Å². The molecule has 1 fully saturated rings. The van der Waals surface area contributed by atoms with Crippen LogP contribution in [0.2, 0.25) is 0 Å². The molecule has 0 spiro atoms. The molecule has 33 heavy (non-hydrogen) atoms. The number of anilines is 1. The highest BCUT2D eigenvalue weighted by Crippen LogP contribution is 2.27. The maximum absolute atomic E-state index is 10.3. The smallest absolute Gasteiger partial charge is 0.204 e. The molecular weight excluding hydrogens is 424 g/mol. The van der Waals surface area contributed by atoms with E-state index in [1.54, 1.807) is 6.07 Å². The number of likely N-dealkylation sites (tertiary alicyclic amines) is 1. The van der Waals surface area contributed by atoms with Crippen LogP contribution in [0.4, 0.5) is 5.95 Å². The lowest BCUT2D eigenvalue weighted by Crippen LogP contribution is -2.44. The van der Waals surface area contributed by atoms with Gasteiger partial charge in [-0.25, -0.2) is 4.98 Å². The molecular formula is C23H38N6O4. The summed E-state index contributed by atoms with van der Waals surface area (Å²) < 4.78 is 2.14. The third-order valence-corrected chi connectivity index (χ3v) is 5.84. The number of benzene rings is 1. The fraction of sp³-hybridized carbons (Fsp3) is 0.478. The zero-order chi connectivity index (χ0) is 21.3. The van der Waals surface area contributed by atoms with Gasteiger partial charge in [0.05, 0.1) is 17.6 Å². The second-order valence-corrected chi connectivity index (χ2v) is 8.58. The van der Waals surface area contributed by atoms with Crippen LogP contribution < -0.4 is 11.1 Å². The Hall–Kier alpha value is -2.76. The van der Waals surface area contributed by atoms with Crippen molar-refractivity contribution in [3.05, 3.63) is 47.3 Å². The van der Waals surface area contributed by atoms with Gasteiger partial charge in [-0.05, 0) is 57.4 Å². The van der Waals surface area contributed by atoms with Crippen molar-refractivity contribution in [1.82, 2.24) is 19.4 Å². The largest absolute Gasteiger partial charge is 0.506 e. The summed E-state index contributed by atoms with van der Waals surface area (Å²) in [6, 6.07) is 10.3. The van der Waals surface area contributed by atoms with Gasteiger partial charge < -0.3 is 42.1 Å². The number of aromatic hydroxyl groups is 1. The van der Waals surface area contributed by atoms with Crippen LogP contribution in [0.3, 0.4) is 0 Å². The summed E-state index contributed by atoms with van der Waals surface area (Å²) in [4.78, 5) is 11.9. The summed E-state index contributed by atoms with van der Waals surface area (Å²) in [5.41, 5.74) is 10.7. The summed E-state index contributed by atoms with van der Waals surface area (Å²) >= 11 is 0. The van der Waals surface area contributed by atoms with Gasteiger partial charge in [0.1, 0.15) is 11.4 Å². The Morgan fingerprint density at radius 1 is 1.09 bits per heavy atom. The van der Waals surface area contributed by atoms with E-state index in [4.69, 9.17) is 10.7 Å². The second kappa shape index (κ2) is 11.9. The van der Waals surface area contributed by atoms with Crippen molar-refractivity contribution < 1.29 is 21.5 Å². The van der Waals surface area contributed by atoms with Crippen molar-refractivity contribution in [2.45, 2.75) is 52.2 Å². The van der Waals surface area contributed by atoms with Gasteiger partial charge >= 0.3 is 0 Å². The molecule has 1 aliphatic rings. The maximum atomic E-state index is 10.3. The molecule has 1 unspecified atom stereocenters. The highest BCUT2D eigenvalue weighted by molar-refractivity contribution is 5.82. The van der Waals surface area contributed by atoms with E-state index in [0.29, 0.717) is 18.3 Å². The molecule has 10 N–H and O–H groups in total. The average Bonchev–Trinajstić information content (AvgIpc) is 3.04. The normalized spacial score (nSPS) is 15.3. The number of nitrogens with one attached hydrogen (secondary N) is 1. The zero-order valence-corrected chi connectivity index (χ0v) is 19.6. The van der Waals surface area contributed by atoms with Crippen LogP contribution in [0.15, 0.2) is 30.3 Å². The molecule has 2 aromatic heterocycles. The first-order valence-electron chi connectivity index (χ1n) is 10.8. The molecule has 4 rings (SSSR count). The number of hydrogen-bond donors (Lipinski definition) is 3. The van der Waals surface area contributed by atoms with Crippen LogP contribution in [0.5, 0.6) is 5.75 Å². The minimum Gasteiger partial charge on any atom is -0.506 e. The molecule has 0 radical (unpaired) electrons. The van der Waals surface area contributed by atoms with Crippen LogP contribution in [0, 0.1) is 13.8 Å². The molecule has 1 aromatic carbocycles. The highest BCUT2D eigenvalue weighted by atomic mass is 16.3. The van der Waals surface area contributed by atoms with Gasteiger partial charge in [-0.1, -0.05) is 12.1 Å². The number of piperidine rings is 1. The molecule has 10 heteroatoms. The van der Waals surface area contributed by atoms with Crippen molar-refractivity contribution in [2.75, 3.05) is 25.0 Å². The van der Waals surface area contributed by atoms with Crippen LogP contribution in [0.25, 0.3) is 11.0 Å². The van der Waals surface area contributed by atoms with Crippen LogP contribution in [0.1, 0.15) is 36.7 Å². The van der Waals surface area contributed by atoms with Crippen molar-refractivity contribution in [3.63, 3.8) is 0 Å². The lowest BCUT2D eigenvalue weighted by Gasteiger charge is -2.33. The van der Waals surface area contributed by atoms with E-state index < -0.39 is 0 Å². The number of aromatic nitrogens is 3. The van der Waals surface area contributed by atoms with Crippen molar-refractivity contribution in [1.29, 1.82) is 0 Å². The van der Waals surface area contributed by atoms with E-state index in [9.17, 15) is 5.11 Å². The standard InChI is InChI=1S/C23H32N6O.3H2O/c1-15-5-4-6-20-22(15)27-23(26-18-9-11-28(12-10-18)13-16(2)24)29(20)14-19-21(30)8-7-17(3)25-19;;;/h4-8,16,18,30H,9-14,24H2,1-3H3,(H,26,27);3*1H2. The third kappa shape index (κ3) is 6.40. The van der Waals surface area contributed by atoms with E-state index in [0.717, 1.165) is 60.7 Å². The number of fused-ring (bicyclic) bond motifs is 1. The van der Waals surface area contributed by atoms with Crippen molar-refractivity contribution in [2.24, 2.45) is 5.73 Å². The Labute approximate surface area is 194 Å². The molecule has 0 aliphatic carbocycles. The number of pyridine rings is 1. The molecule has 0 amide bonds. The number of rotatable bonds is 6. The molecule has 1 atom stereocenters. The third-order valence-electron chi connectivity index (χ3n) is 5.84. The predicted molar refractivity (Wildman–Crippen MR) is 132 cm³/mol. The minimum atomic E-state index is 0. The number of nitrogens with zero attached hydrogens (tertiary/aromatic N) is 4. The van der Waals surface area contributed by atoms with Crippen LogP contribution in [-0.2, 0) is 6.54 Å². The molecule has 1 saturated heterocycles. The first-order chi connectivity index (χ1) is 14.4. The number of hydrogen-bond acceptors (Lipinski definition) is 6. The quantitative estimate of drug-likeness (QED) is 0.479. The van der Waals surface area contributed by atoms with E-state index in [1.807, 2.05) is 13.0 Å². The van der Waals surface area contributed by atoms with Gasteiger partial charge in [0.25, 0.3) is 0 Å². The first-order valence-corrected chi connectivity index (χ1v) is 10.8. The molecule has 3 aromatic rings. The van der Waals surface area contributed by atoms with Crippen molar-refractivity contribution in [3.8, 4) is 5.75 Å². The van der Waals surface area contributed by atoms with Gasteiger partial charge in [-0.2, -0.15) is 0 Å². The van der Waals surface area contributed by atoms with E-state index in [-0.39, 0.29) is 28.2 Å². The predicted octanol–water partition coefficient (Wildman–Crippen LogP) is 0.551. The SMILES string of the molecule is Cc1ccc(O)c(Cn2c(NC3CCN(CC(C)N)CC3)nc3c(C)cccc32)n1.O.O.O. The topological polar surface area (TPSA) is 187 Å². The fourth-order valence-corrected chi connectivity index (χ4v) is 4.28. The Balaban J connectivity index is 0.00000181. The fourth-order valence-electron chi connectivity index (χ4n) is 4.28. The summed E-state index contributed by atoms with van der Waals surface area (Å²) in [5.74, 6) is 1.05. The van der Waals surface area contributed by atoms with Gasteiger partial charge in [0.15, 0.2) is 0 Å². The molecule has 0 saturated carbocycles. The zero-order valence-electron chi connectivity index (χ0n) is 19.6. The number of imidazole rings is 1.